The second-order valence-corrected chi connectivity index (χ2v) is 7.81. The van der Waals surface area contributed by atoms with Gasteiger partial charge in [0.15, 0.2) is 5.75 Å². The zero-order valence-electron chi connectivity index (χ0n) is 18.6. The quantitative estimate of drug-likeness (QED) is 0.281. The maximum absolute atomic E-state index is 12.9. The molecule has 4 aromatic rings. The molecule has 1 amide bonds. The molecule has 2 heterocycles. The average molecular weight is 468 g/mol. The highest BCUT2D eigenvalue weighted by Gasteiger charge is 2.23. The molecule has 1 aliphatic rings. The normalized spacial score (nSPS) is 11.9. The van der Waals surface area contributed by atoms with Gasteiger partial charge in [-0.1, -0.05) is 12.1 Å². The molecule has 9 heteroatoms. The molecule has 0 atom stereocenters. The summed E-state index contributed by atoms with van der Waals surface area (Å²) in [6.45, 7) is 0.337. The Balaban J connectivity index is 1.51. The molecule has 0 saturated carbocycles. The molecule has 0 radical (unpaired) electrons. The van der Waals surface area contributed by atoms with Crippen molar-refractivity contribution in [2.24, 2.45) is 0 Å². The van der Waals surface area contributed by atoms with Crippen LogP contribution < -0.4 is 20.1 Å². The summed E-state index contributed by atoms with van der Waals surface area (Å²) in [5.41, 5.74) is 4.58. The molecule has 0 fully saturated rings. The van der Waals surface area contributed by atoms with Gasteiger partial charge in [-0.15, -0.1) is 0 Å². The molecule has 0 saturated heterocycles. The summed E-state index contributed by atoms with van der Waals surface area (Å²) < 4.78 is 11.3. The molecular weight excluding hydrogens is 448 g/mol. The van der Waals surface area contributed by atoms with Crippen molar-refractivity contribution in [2.75, 3.05) is 17.7 Å². The molecule has 9 nitrogen and oxygen atoms in total. The molecule has 0 aliphatic carbocycles. The summed E-state index contributed by atoms with van der Waals surface area (Å²) in [4.78, 5) is 27.7. The van der Waals surface area contributed by atoms with Gasteiger partial charge < -0.3 is 20.1 Å². The van der Waals surface area contributed by atoms with E-state index in [0.29, 0.717) is 40.5 Å². The summed E-state index contributed by atoms with van der Waals surface area (Å²) in [5.74, 6) is 0.477. The molecule has 3 aromatic carbocycles. The van der Waals surface area contributed by atoms with Gasteiger partial charge in [0, 0.05) is 18.5 Å². The number of rotatable bonds is 6. The van der Waals surface area contributed by atoms with Gasteiger partial charge in [-0.25, -0.2) is 0 Å². The highest BCUT2D eigenvalue weighted by atomic mass is 16.6. The highest BCUT2D eigenvalue weighted by Crippen LogP contribution is 2.41. The monoisotopic (exact) mass is 468 g/mol. The lowest BCUT2D eigenvalue weighted by molar-refractivity contribution is -0.385. The number of aromatic nitrogens is 1. The van der Waals surface area contributed by atoms with Crippen molar-refractivity contribution in [3.63, 3.8) is 0 Å². The third-order valence-corrected chi connectivity index (χ3v) is 5.65. The standard InChI is InChI=1S/C26H20N4O5/c1-34-24-14-18(6-8-22(24)30(32)33)17-5-7-19-21(13-17)28-25-20(29-26(19)31)3-2-4-23(25)35-15-16-9-11-27-12-10-16/h2-14,28H,15H2,1H3,(H,29,31). The number of para-hydroxylation sites is 1. The number of carbonyl (C=O) groups is 1. The SMILES string of the molecule is COc1cc(-c2ccc3c(c2)Nc2c(cccc2OCc2ccncc2)NC3=O)ccc1[N+](=O)[O-]. The van der Waals surface area contributed by atoms with Crippen molar-refractivity contribution in [2.45, 2.75) is 6.61 Å². The third-order valence-electron chi connectivity index (χ3n) is 5.65. The van der Waals surface area contributed by atoms with E-state index >= 15 is 0 Å². The number of carbonyl (C=O) groups excluding carboxylic acids is 1. The molecule has 2 N–H and O–H groups in total. The van der Waals surface area contributed by atoms with Gasteiger partial charge in [0.1, 0.15) is 18.0 Å². The number of methoxy groups -OCH3 is 1. The number of nitro groups is 1. The Labute approximate surface area is 200 Å². The van der Waals surface area contributed by atoms with Crippen molar-refractivity contribution in [1.82, 2.24) is 4.98 Å². The van der Waals surface area contributed by atoms with Gasteiger partial charge in [0.2, 0.25) is 0 Å². The number of fused-ring (bicyclic) bond motifs is 2. The number of pyridine rings is 1. The summed E-state index contributed by atoms with van der Waals surface area (Å²) in [5, 5.41) is 17.5. The Morgan fingerprint density at radius 1 is 0.914 bits per heavy atom. The van der Waals surface area contributed by atoms with E-state index < -0.39 is 4.92 Å². The molecule has 0 spiro atoms. The number of nitrogens with zero attached hydrogens (tertiary/aromatic N) is 2. The number of anilines is 3. The molecule has 0 unspecified atom stereocenters. The predicted octanol–water partition coefficient (Wildman–Crippen LogP) is 5.55. The van der Waals surface area contributed by atoms with Crippen LogP contribution in [-0.2, 0) is 6.61 Å². The van der Waals surface area contributed by atoms with Crippen molar-refractivity contribution in [1.29, 1.82) is 0 Å². The number of ether oxygens (including phenoxy) is 2. The average Bonchev–Trinajstić information content (AvgIpc) is 3.03. The van der Waals surface area contributed by atoms with Crippen molar-refractivity contribution >= 4 is 28.7 Å². The van der Waals surface area contributed by atoms with E-state index in [-0.39, 0.29) is 17.3 Å². The van der Waals surface area contributed by atoms with Crippen molar-refractivity contribution in [3.05, 3.63) is 100 Å². The van der Waals surface area contributed by atoms with E-state index in [4.69, 9.17) is 9.47 Å². The van der Waals surface area contributed by atoms with Crippen LogP contribution in [-0.4, -0.2) is 22.9 Å². The van der Waals surface area contributed by atoms with E-state index in [2.05, 4.69) is 15.6 Å². The number of amides is 1. The number of hydrogen-bond acceptors (Lipinski definition) is 7. The minimum atomic E-state index is -0.490. The zero-order valence-corrected chi connectivity index (χ0v) is 18.6. The molecule has 1 aromatic heterocycles. The second kappa shape index (κ2) is 9.14. The number of hydrogen-bond donors (Lipinski definition) is 2. The van der Waals surface area contributed by atoms with Gasteiger partial charge in [-0.2, -0.15) is 0 Å². The number of nitro benzene ring substituents is 1. The fourth-order valence-electron chi connectivity index (χ4n) is 3.88. The van der Waals surface area contributed by atoms with E-state index in [1.54, 1.807) is 42.7 Å². The number of benzene rings is 3. The first-order valence-electron chi connectivity index (χ1n) is 10.7. The van der Waals surface area contributed by atoms with Gasteiger partial charge in [-0.3, -0.25) is 19.9 Å². The summed E-state index contributed by atoms with van der Waals surface area (Å²) in [6.07, 6.45) is 3.40. The van der Waals surface area contributed by atoms with Gasteiger partial charge in [0.25, 0.3) is 5.91 Å². The molecule has 0 bridgehead atoms. The lowest BCUT2D eigenvalue weighted by Crippen LogP contribution is -2.10. The lowest BCUT2D eigenvalue weighted by atomic mass is 10.0. The lowest BCUT2D eigenvalue weighted by Gasteiger charge is -2.15. The highest BCUT2D eigenvalue weighted by molar-refractivity contribution is 6.13. The first-order valence-corrected chi connectivity index (χ1v) is 10.7. The van der Waals surface area contributed by atoms with E-state index in [1.807, 2.05) is 30.3 Å². The van der Waals surface area contributed by atoms with Gasteiger partial charge >= 0.3 is 5.69 Å². The molecule has 174 valence electrons. The van der Waals surface area contributed by atoms with Crippen LogP contribution in [0.4, 0.5) is 22.7 Å². The Bertz CT molecular complexity index is 1440. The first-order chi connectivity index (χ1) is 17.0. The van der Waals surface area contributed by atoms with E-state index in [1.165, 1.54) is 13.2 Å². The zero-order chi connectivity index (χ0) is 24.4. The smallest absolute Gasteiger partial charge is 0.310 e. The fourth-order valence-corrected chi connectivity index (χ4v) is 3.88. The molecule has 1 aliphatic heterocycles. The first kappa shape index (κ1) is 21.9. The van der Waals surface area contributed by atoms with Crippen molar-refractivity contribution in [3.8, 4) is 22.6 Å². The van der Waals surface area contributed by atoms with Crippen LogP contribution in [0.1, 0.15) is 15.9 Å². The van der Waals surface area contributed by atoms with E-state index in [9.17, 15) is 14.9 Å². The predicted molar refractivity (Wildman–Crippen MR) is 131 cm³/mol. The second-order valence-electron chi connectivity index (χ2n) is 7.81. The number of nitrogens with one attached hydrogen (secondary N) is 2. The van der Waals surface area contributed by atoms with Crippen LogP contribution in [0.5, 0.6) is 11.5 Å². The Morgan fingerprint density at radius 2 is 1.69 bits per heavy atom. The van der Waals surface area contributed by atoms with Crippen LogP contribution in [0.2, 0.25) is 0 Å². The van der Waals surface area contributed by atoms with Gasteiger partial charge in [-0.05, 0) is 65.2 Å². The minimum Gasteiger partial charge on any atom is -0.490 e. The Morgan fingerprint density at radius 3 is 2.46 bits per heavy atom. The Hall–Kier alpha value is -4.92. The van der Waals surface area contributed by atoms with Crippen molar-refractivity contribution < 1.29 is 19.2 Å². The summed E-state index contributed by atoms with van der Waals surface area (Å²) >= 11 is 0. The van der Waals surface area contributed by atoms with Crippen LogP contribution in [0, 0.1) is 10.1 Å². The van der Waals surface area contributed by atoms with Crippen LogP contribution in [0.15, 0.2) is 79.1 Å². The summed E-state index contributed by atoms with van der Waals surface area (Å²) in [6, 6.07) is 19.2. The maximum atomic E-state index is 12.9. The minimum absolute atomic E-state index is 0.117. The maximum Gasteiger partial charge on any atom is 0.310 e. The van der Waals surface area contributed by atoms with Crippen LogP contribution in [0.3, 0.4) is 0 Å². The fraction of sp³-hybridized carbons (Fsp3) is 0.0769. The molecule has 35 heavy (non-hydrogen) atoms. The Kier molecular flexibility index (Phi) is 5.72. The third kappa shape index (κ3) is 4.34. The van der Waals surface area contributed by atoms with Gasteiger partial charge in [0.05, 0.1) is 29.0 Å². The van der Waals surface area contributed by atoms with E-state index in [0.717, 1.165) is 11.1 Å². The van der Waals surface area contributed by atoms with Crippen LogP contribution >= 0.6 is 0 Å². The summed E-state index contributed by atoms with van der Waals surface area (Å²) in [7, 11) is 1.39. The largest absolute Gasteiger partial charge is 0.490 e. The van der Waals surface area contributed by atoms with Crippen LogP contribution in [0.25, 0.3) is 11.1 Å². The molecule has 5 rings (SSSR count). The molecular formula is C26H20N4O5. The topological polar surface area (TPSA) is 116 Å².